The van der Waals surface area contributed by atoms with Crippen LogP contribution in [-0.4, -0.2) is 31.2 Å². The lowest BCUT2D eigenvalue weighted by atomic mass is 10.1. The Morgan fingerprint density at radius 3 is 2.74 bits per heavy atom. The number of benzene rings is 2. The average molecular weight is 437 g/mol. The minimum atomic E-state index is -0.648. The molecule has 0 aromatic heterocycles. The summed E-state index contributed by atoms with van der Waals surface area (Å²) in [5.74, 6) is -0.648. The molecule has 8 nitrogen and oxygen atoms in total. The maximum atomic E-state index is 12.0. The van der Waals surface area contributed by atoms with Crippen molar-refractivity contribution in [1.82, 2.24) is 0 Å². The van der Waals surface area contributed by atoms with Crippen LogP contribution < -0.4 is 5.32 Å². The monoisotopic (exact) mass is 436 g/mol. The Bertz CT molecular complexity index is 867. The first-order valence-corrected chi connectivity index (χ1v) is 8.91. The van der Waals surface area contributed by atoms with Crippen LogP contribution in [0.4, 0.5) is 11.4 Å². The van der Waals surface area contributed by atoms with Gasteiger partial charge in [0, 0.05) is 22.6 Å². The highest BCUT2D eigenvalue weighted by atomic mass is 79.9. The van der Waals surface area contributed by atoms with Gasteiger partial charge in [0.1, 0.15) is 5.69 Å². The van der Waals surface area contributed by atoms with E-state index in [1.165, 1.54) is 25.3 Å². The molecule has 0 amide bonds. The fourth-order valence-corrected chi connectivity index (χ4v) is 3.20. The van der Waals surface area contributed by atoms with Crippen molar-refractivity contribution >= 4 is 33.3 Å². The number of ether oxygens (including phenoxy) is 3. The van der Waals surface area contributed by atoms with Crippen molar-refractivity contribution in [3.63, 3.8) is 0 Å². The van der Waals surface area contributed by atoms with Crippen LogP contribution in [-0.2, 0) is 20.8 Å². The number of nitro groups is 1. The standard InChI is InChI=1S/C18H17BrN2O6/c1-25-17(22)12-3-2-4-15(21(23)24)16(12)20-10-11-5-6-14(19)13(9-11)18-26-7-8-27-18/h2-6,9,18,20H,7-8,10H2,1H3. The molecule has 27 heavy (non-hydrogen) atoms. The van der Waals surface area contributed by atoms with Crippen LogP contribution in [0.1, 0.15) is 27.8 Å². The number of carbonyl (C=O) groups excluding carboxylic acids is 1. The Hall–Kier alpha value is -2.49. The molecule has 2 aromatic rings. The van der Waals surface area contributed by atoms with Crippen molar-refractivity contribution in [2.75, 3.05) is 25.6 Å². The van der Waals surface area contributed by atoms with E-state index in [0.717, 1.165) is 15.6 Å². The smallest absolute Gasteiger partial charge is 0.340 e. The fraction of sp³-hybridized carbons (Fsp3) is 0.278. The second-order valence-corrected chi connectivity index (χ2v) is 6.59. The highest BCUT2D eigenvalue weighted by molar-refractivity contribution is 9.10. The van der Waals surface area contributed by atoms with E-state index in [2.05, 4.69) is 21.2 Å². The molecule has 1 aliphatic rings. The summed E-state index contributed by atoms with van der Waals surface area (Å²) in [6.45, 7) is 1.32. The molecule has 0 radical (unpaired) electrons. The van der Waals surface area contributed by atoms with Crippen molar-refractivity contribution in [2.45, 2.75) is 12.8 Å². The van der Waals surface area contributed by atoms with E-state index < -0.39 is 17.2 Å². The van der Waals surface area contributed by atoms with Crippen molar-refractivity contribution < 1.29 is 23.9 Å². The highest BCUT2D eigenvalue weighted by Gasteiger charge is 2.23. The largest absolute Gasteiger partial charge is 0.465 e. The minimum Gasteiger partial charge on any atom is -0.465 e. The molecular weight excluding hydrogens is 420 g/mol. The highest BCUT2D eigenvalue weighted by Crippen LogP contribution is 2.32. The predicted molar refractivity (Wildman–Crippen MR) is 101 cm³/mol. The zero-order valence-electron chi connectivity index (χ0n) is 14.4. The topological polar surface area (TPSA) is 99.9 Å². The first-order valence-electron chi connectivity index (χ1n) is 8.12. The lowest BCUT2D eigenvalue weighted by Gasteiger charge is -2.15. The van der Waals surface area contributed by atoms with Crippen LogP contribution in [0, 0.1) is 10.1 Å². The van der Waals surface area contributed by atoms with Gasteiger partial charge in [-0.2, -0.15) is 0 Å². The van der Waals surface area contributed by atoms with Crippen molar-refractivity contribution in [3.8, 4) is 0 Å². The number of hydrogen-bond donors (Lipinski definition) is 1. The molecule has 9 heteroatoms. The maximum absolute atomic E-state index is 12.0. The molecule has 0 bridgehead atoms. The Morgan fingerprint density at radius 1 is 1.33 bits per heavy atom. The predicted octanol–water partition coefficient (Wildman–Crippen LogP) is 3.80. The molecule has 1 saturated heterocycles. The lowest BCUT2D eigenvalue weighted by Crippen LogP contribution is -2.11. The number of methoxy groups -OCH3 is 1. The van der Waals surface area contributed by atoms with E-state index in [1.54, 1.807) is 0 Å². The number of para-hydroxylation sites is 1. The third kappa shape index (κ3) is 4.26. The number of carbonyl (C=O) groups is 1. The Kier molecular flexibility index (Phi) is 6.04. The van der Waals surface area contributed by atoms with Gasteiger partial charge in [0.15, 0.2) is 6.29 Å². The molecule has 3 rings (SSSR count). The molecule has 1 fully saturated rings. The molecule has 0 spiro atoms. The molecule has 1 heterocycles. The van der Waals surface area contributed by atoms with Gasteiger partial charge in [-0.25, -0.2) is 4.79 Å². The van der Waals surface area contributed by atoms with Crippen LogP contribution in [0.3, 0.4) is 0 Å². The average Bonchev–Trinajstić information content (AvgIpc) is 3.20. The van der Waals surface area contributed by atoms with Crippen LogP contribution in [0.2, 0.25) is 0 Å². The third-order valence-electron chi connectivity index (χ3n) is 4.05. The number of anilines is 1. The summed E-state index contributed by atoms with van der Waals surface area (Å²) >= 11 is 3.48. The lowest BCUT2D eigenvalue weighted by molar-refractivity contribution is -0.384. The maximum Gasteiger partial charge on any atom is 0.340 e. The van der Waals surface area contributed by atoms with E-state index >= 15 is 0 Å². The third-order valence-corrected chi connectivity index (χ3v) is 4.77. The summed E-state index contributed by atoms with van der Waals surface area (Å²) in [5, 5.41) is 14.3. The second kappa shape index (κ2) is 8.47. The number of nitrogens with one attached hydrogen (secondary N) is 1. The Balaban J connectivity index is 1.87. The summed E-state index contributed by atoms with van der Waals surface area (Å²) < 4.78 is 16.6. The summed E-state index contributed by atoms with van der Waals surface area (Å²) in [6.07, 6.45) is -0.448. The van der Waals surface area contributed by atoms with Crippen LogP contribution in [0.15, 0.2) is 40.9 Å². The molecule has 0 unspecified atom stereocenters. The molecule has 1 aliphatic heterocycles. The number of esters is 1. The quantitative estimate of drug-likeness (QED) is 0.417. The van der Waals surface area contributed by atoms with Crippen LogP contribution >= 0.6 is 15.9 Å². The van der Waals surface area contributed by atoms with E-state index in [1.807, 2.05) is 18.2 Å². The molecule has 0 aliphatic carbocycles. The first-order chi connectivity index (χ1) is 13.0. The van der Waals surface area contributed by atoms with Gasteiger partial charge in [-0.05, 0) is 23.8 Å². The van der Waals surface area contributed by atoms with Crippen molar-refractivity contribution in [2.24, 2.45) is 0 Å². The fourth-order valence-electron chi connectivity index (χ4n) is 2.77. The van der Waals surface area contributed by atoms with Gasteiger partial charge in [0.25, 0.3) is 5.69 Å². The van der Waals surface area contributed by atoms with Gasteiger partial charge in [0.2, 0.25) is 0 Å². The summed E-state index contributed by atoms with van der Waals surface area (Å²) in [7, 11) is 1.23. The normalized spacial score (nSPS) is 14.1. The molecular formula is C18H17BrN2O6. The minimum absolute atomic E-state index is 0.103. The van der Waals surface area contributed by atoms with Gasteiger partial charge in [0.05, 0.1) is 30.8 Å². The van der Waals surface area contributed by atoms with Gasteiger partial charge in [-0.1, -0.05) is 28.1 Å². The zero-order valence-corrected chi connectivity index (χ0v) is 16.0. The van der Waals surface area contributed by atoms with Gasteiger partial charge in [-0.15, -0.1) is 0 Å². The second-order valence-electron chi connectivity index (χ2n) is 5.73. The number of halogens is 1. The molecule has 2 aromatic carbocycles. The molecule has 0 atom stereocenters. The Morgan fingerprint density at radius 2 is 2.07 bits per heavy atom. The van der Waals surface area contributed by atoms with Crippen molar-refractivity contribution in [3.05, 3.63) is 67.7 Å². The number of hydrogen-bond acceptors (Lipinski definition) is 7. The van der Waals surface area contributed by atoms with Crippen molar-refractivity contribution in [1.29, 1.82) is 0 Å². The summed E-state index contributed by atoms with van der Waals surface area (Å²) in [4.78, 5) is 22.8. The van der Waals surface area contributed by atoms with E-state index in [-0.39, 0.29) is 23.5 Å². The van der Waals surface area contributed by atoms with Crippen LogP contribution in [0.25, 0.3) is 0 Å². The molecule has 142 valence electrons. The number of rotatable bonds is 6. The summed E-state index contributed by atoms with van der Waals surface area (Å²) in [5.41, 5.74) is 1.71. The molecule has 1 N–H and O–H groups in total. The van der Waals surface area contributed by atoms with E-state index in [4.69, 9.17) is 14.2 Å². The molecule has 0 saturated carbocycles. The summed E-state index contributed by atoms with van der Waals surface area (Å²) in [6, 6.07) is 9.87. The van der Waals surface area contributed by atoms with Crippen LogP contribution in [0.5, 0.6) is 0 Å². The van der Waals surface area contributed by atoms with Gasteiger partial charge in [-0.3, -0.25) is 10.1 Å². The first kappa shape index (κ1) is 19.3. The SMILES string of the molecule is COC(=O)c1cccc([N+](=O)[O-])c1NCc1ccc(Br)c(C2OCCO2)c1. The Labute approximate surface area is 163 Å². The van der Waals surface area contributed by atoms with Gasteiger partial charge < -0.3 is 19.5 Å². The number of nitro benzene ring substituents is 1. The number of nitrogens with zero attached hydrogens (tertiary/aromatic N) is 1. The van der Waals surface area contributed by atoms with E-state index in [0.29, 0.717) is 13.2 Å². The zero-order chi connectivity index (χ0) is 19.4. The van der Waals surface area contributed by atoms with E-state index in [9.17, 15) is 14.9 Å². The van der Waals surface area contributed by atoms with Gasteiger partial charge >= 0.3 is 5.97 Å².